The van der Waals surface area contributed by atoms with Crippen molar-refractivity contribution in [1.29, 1.82) is 0 Å². The molecule has 0 saturated carbocycles. The van der Waals surface area contributed by atoms with E-state index in [1.807, 2.05) is 0 Å². The van der Waals surface area contributed by atoms with Crippen molar-refractivity contribution in [2.45, 2.75) is 0 Å². The lowest BCUT2D eigenvalue weighted by atomic mass is 10.3. The van der Waals surface area contributed by atoms with Crippen molar-refractivity contribution in [2.24, 2.45) is 0 Å². The maximum absolute atomic E-state index is 13.0. The van der Waals surface area contributed by atoms with E-state index in [9.17, 15) is 25.6 Å². The van der Waals surface area contributed by atoms with Crippen molar-refractivity contribution in [3.63, 3.8) is 0 Å². The van der Waals surface area contributed by atoms with Crippen LogP contribution in [0.2, 0.25) is 0 Å². The third-order valence-corrected chi connectivity index (χ3v) is 5.53. The van der Waals surface area contributed by atoms with E-state index in [0.29, 0.717) is 0 Å². The first-order valence-electron chi connectivity index (χ1n) is 6.01. The Hall–Kier alpha value is -2.20. The number of benzene rings is 2. The van der Waals surface area contributed by atoms with Gasteiger partial charge in [0, 0.05) is 12.1 Å². The molecule has 0 unspecified atom stereocenters. The molecule has 23 heavy (non-hydrogen) atoms. The monoisotopic (exact) mass is 364 g/mol. The van der Waals surface area contributed by atoms with Crippen LogP contribution in [-0.4, -0.2) is 21.9 Å². The molecule has 2 rings (SSSR count). The topological polar surface area (TPSA) is 86.7 Å². The normalized spacial score (nSPS) is 11.9. The molecule has 0 aliphatic heterocycles. The molecule has 2 aromatic rings. The Kier molecular flexibility index (Phi) is 4.85. The van der Waals surface area contributed by atoms with Gasteiger partial charge in [0.1, 0.15) is 23.1 Å². The smallest absolute Gasteiger partial charge is 0.327 e. The predicted molar refractivity (Wildman–Crippen MR) is 76.8 cm³/mol. The molecule has 0 radical (unpaired) electrons. The third-order valence-electron chi connectivity index (χ3n) is 2.33. The van der Waals surface area contributed by atoms with Gasteiger partial charge in [0.2, 0.25) is 5.08 Å². The van der Waals surface area contributed by atoms with Crippen molar-refractivity contribution < 1.29 is 34.0 Å². The summed E-state index contributed by atoms with van der Waals surface area (Å²) in [6, 6.07) is 8.33. The highest BCUT2D eigenvalue weighted by Gasteiger charge is 2.26. The SMILES string of the molecule is O=S(=O)(CS(=O)(=O)Oc1cccc(F)c1)Oc1cccc(F)c1. The number of hydrogen-bond donors (Lipinski definition) is 0. The molecule has 0 spiro atoms. The zero-order valence-electron chi connectivity index (χ0n) is 11.3. The highest BCUT2D eigenvalue weighted by Crippen LogP contribution is 2.18. The number of halogens is 2. The predicted octanol–water partition coefficient (Wildman–Crippen LogP) is 2.04. The van der Waals surface area contributed by atoms with E-state index in [-0.39, 0.29) is 11.5 Å². The number of hydrogen-bond acceptors (Lipinski definition) is 6. The van der Waals surface area contributed by atoms with Crippen LogP contribution in [0.3, 0.4) is 0 Å². The first-order valence-corrected chi connectivity index (χ1v) is 9.16. The maximum Gasteiger partial charge on any atom is 0.327 e. The third kappa shape index (κ3) is 5.49. The van der Waals surface area contributed by atoms with Gasteiger partial charge in [-0.25, -0.2) is 8.78 Å². The summed E-state index contributed by atoms with van der Waals surface area (Å²) in [7, 11) is -9.23. The van der Waals surface area contributed by atoms with E-state index in [1.165, 1.54) is 12.1 Å². The molecule has 0 amide bonds. The van der Waals surface area contributed by atoms with Crippen LogP contribution >= 0.6 is 0 Å². The van der Waals surface area contributed by atoms with E-state index >= 15 is 0 Å². The summed E-state index contributed by atoms with van der Waals surface area (Å²) >= 11 is 0. The molecule has 0 N–H and O–H groups in total. The fourth-order valence-electron chi connectivity index (χ4n) is 1.56. The summed E-state index contributed by atoms with van der Waals surface area (Å²) < 4.78 is 81.7. The Bertz CT molecular complexity index is 834. The van der Waals surface area contributed by atoms with Crippen LogP contribution in [0.5, 0.6) is 11.5 Å². The van der Waals surface area contributed by atoms with Crippen molar-refractivity contribution in [2.75, 3.05) is 5.08 Å². The fraction of sp³-hybridized carbons (Fsp3) is 0.0769. The second-order valence-corrected chi connectivity index (χ2v) is 7.82. The van der Waals surface area contributed by atoms with Gasteiger partial charge in [-0.3, -0.25) is 0 Å². The summed E-state index contributed by atoms with van der Waals surface area (Å²) in [5.41, 5.74) is 0. The molecule has 0 aliphatic carbocycles. The van der Waals surface area contributed by atoms with Gasteiger partial charge in [-0.05, 0) is 24.3 Å². The van der Waals surface area contributed by atoms with Crippen LogP contribution in [0.4, 0.5) is 8.78 Å². The largest absolute Gasteiger partial charge is 0.381 e. The Labute approximate surface area is 131 Å². The van der Waals surface area contributed by atoms with Crippen molar-refractivity contribution in [3.8, 4) is 11.5 Å². The molecular weight excluding hydrogens is 354 g/mol. The second-order valence-electron chi connectivity index (χ2n) is 4.31. The minimum absolute atomic E-state index is 0.383. The average Bonchev–Trinajstić information content (AvgIpc) is 2.35. The fourth-order valence-corrected chi connectivity index (χ4v) is 4.15. The Morgan fingerprint density at radius 1 is 0.739 bits per heavy atom. The standard InChI is InChI=1S/C13H10F2O6S2/c14-10-3-1-5-12(7-10)20-22(16,17)9-23(18,19)21-13-6-2-4-11(15)8-13/h1-8H,9H2. The quantitative estimate of drug-likeness (QED) is 0.729. The first-order chi connectivity index (χ1) is 10.7. The summed E-state index contributed by atoms with van der Waals surface area (Å²) in [6.45, 7) is 0. The van der Waals surface area contributed by atoms with Crippen molar-refractivity contribution in [3.05, 3.63) is 60.2 Å². The summed E-state index contributed by atoms with van der Waals surface area (Å²) in [6.07, 6.45) is 0. The van der Waals surface area contributed by atoms with Crippen LogP contribution in [-0.2, 0) is 20.2 Å². The lowest BCUT2D eigenvalue weighted by Gasteiger charge is -2.09. The van der Waals surface area contributed by atoms with Gasteiger partial charge in [-0.1, -0.05) is 12.1 Å². The van der Waals surface area contributed by atoms with Gasteiger partial charge in [-0.2, -0.15) is 16.8 Å². The van der Waals surface area contributed by atoms with Crippen LogP contribution in [0, 0.1) is 11.6 Å². The zero-order valence-corrected chi connectivity index (χ0v) is 13.0. The highest BCUT2D eigenvalue weighted by atomic mass is 32.3. The minimum Gasteiger partial charge on any atom is -0.381 e. The molecule has 10 heteroatoms. The Balaban J connectivity index is 2.12. The molecule has 0 heterocycles. The molecule has 0 fully saturated rings. The summed E-state index contributed by atoms with van der Waals surface area (Å²) in [5, 5.41) is -1.52. The van der Waals surface area contributed by atoms with Gasteiger partial charge >= 0.3 is 20.2 Å². The number of rotatable bonds is 6. The average molecular weight is 364 g/mol. The zero-order chi connectivity index (χ0) is 17.1. The van der Waals surface area contributed by atoms with Gasteiger partial charge in [0.05, 0.1) is 0 Å². The van der Waals surface area contributed by atoms with Gasteiger partial charge in [0.25, 0.3) is 0 Å². The highest BCUT2D eigenvalue weighted by molar-refractivity contribution is 8.04. The molecule has 0 aliphatic rings. The molecule has 124 valence electrons. The summed E-state index contributed by atoms with van der Waals surface area (Å²) in [4.78, 5) is 0. The van der Waals surface area contributed by atoms with Gasteiger partial charge in [0.15, 0.2) is 0 Å². The molecule has 0 saturated heterocycles. The van der Waals surface area contributed by atoms with Crippen LogP contribution in [0.15, 0.2) is 48.5 Å². The van der Waals surface area contributed by atoms with E-state index in [2.05, 4.69) is 8.37 Å². The lowest BCUT2D eigenvalue weighted by molar-refractivity contribution is 0.472. The first kappa shape index (κ1) is 17.2. The van der Waals surface area contributed by atoms with Crippen LogP contribution in [0.25, 0.3) is 0 Å². The van der Waals surface area contributed by atoms with E-state index < -0.39 is 37.0 Å². The molecule has 0 aromatic heterocycles. The lowest BCUT2D eigenvalue weighted by Crippen LogP contribution is -2.24. The minimum atomic E-state index is -4.61. The van der Waals surface area contributed by atoms with E-state index in [4.69, 9.17) is 0 Å². The maximum atomic E-state index is 13.0. The van der Waals surface area contributed by atoms with Crippen LogP contribution < -0.4 is 8.37 Å². The van der Waals surface area contributed by atoms with Crippen molar-refractivity contribution >= 4 is 20.2 Å². The molecular formula is C13H10F2O6S2. The second kappa shape index (κ2) is 6.50. The van der Waals surface area contributed by atoms with Crippen LogP contribution in [0.1, 0.15) is 0 Å². The molecule has 2 aromatic carbocycles. The van der Waals surface area contributed by atoms with E-state index in [1.54, 1.807) is 0 Å². The van der Waals surface area contributed by atoms with Crippen molar-refractivity contribution in [1.82, 2.24) is 0 Å². The van der Waals surface area contributed by atoms with Gasteiger partial charge in [-0.15, -0.1) is 0 Å². The molecule has 6 nitrogen and oxygen atoms in total. The Morgan fingerprint density at radius 2 is 1.13 bits per heavy atom. The van der Waals surface area contributed by atoms with Gasteiger partial charge < -0.3 is 8.37 Å². The summed E-state index contributed by atoms with van der Waals surface area (Å²) in [5.74, 6) is -2.27. The molecule has 0 atom stereocenters. The van der Waals surface area contributed by atoms with E-state index in [0.717, 1.165) is 36.4 Å². The Morgan fingerprint density at radius 3 is 1.48 bits per heavy atom. The molecule has 0 bridgehead atoms.